The first-order chi connectivity index (χ1) is 19.8. The van der Waals surface area contributed by atoms with E-state index in [-0.39, 0.29) is 47.3 Å². The van der Waals surface area contributed by atoms with Gasteiger partial charge in [-0.1, -0.05) is 17.3 Å². The molecular formula is C27H22F3N5O7. The van der Waals surface area contributed by atoms with Crippen LogP contribution in [-0.4, -0.2) is 63.0 Å². The second-order valence-corrected chi connectivity index (χ2v) is 9.53. The summed E-state index contributed by atoms with van der Waals surface area (Å²) >= 11 is 0. The van der Waals surface area contributed by atoms with Crippen molar-refractivity contribution in [3.63, 3.8) is 0 Å². The van der Waals surface area contributed by atoms with Gasteiger partial charge in [0.15, 0.2) is 23.1 Å². The van der Waals surface area contributed by atoms with E-state index in [2.05, 4.69) is 15.5 Å². The Morgan fingerprint density at radius 3 is 2.64 bits per heavy atom. The molecule has 4 aromatic rings. The fraction of sp³-hybridized carbons (Fsp3) is 0.222. The number of morpholine rings is 1. The number of nitrogens with one attached hydrogen (secondary N) is 1. The average Bonchev–Trinajstić information content (AvgIpc) is 3.33. The van der Waals surface area contributed by atoms with Crippen LogP contribution in [0.5, 0.6) is 0 Å². The Kier molecular flexibility index (Phi) is 7.08. The number of anilines is 3. The number of hydrogen-bond acceptors (Lipinski definition) is 9. The number of benzene rings is 2. The van der Waals surface area contributed by atoms with Gasteiger partial charge in [0.05, 0.1) is 35.4 Å². The zero-order valence-electron chi connectivity index (χ0n) is 21.7. The first kappa shape index (κ1) is 28.5. The largest absolute Gasteiger partial charge is 0.478 e. The van der Waals surface area contributed by atoms with E-state index < -0.39 is 46.8 Å². The summed E-state index contributed by atoms with van der Waals surface area (Å²) in [5.74, 6) is -3.22. The van der Waals surface area contributed by atoms with Gasteiger partial charge in [-0.3, -0.25) is 14.5 Å². The minimum atomic E-state index is -4.76. The molecule has 2 amide bonds. The molecule has 0 radical (unpaired) electrons. The van der Waals surface area contributed by atoms with Crippen molar-refractivity contribution < 1.29 is 47.0 Å². The molecule has 1 aliphatic rings. The van der Waals surface area contributed by atoms with Crippen LogP contribution in [0.2, 0.25) is 0 Å². The van der Waals surface area contributed by atoms with E-state index in [0.29, 0.717) is 11.5 Å². The van der Waals surface area contributed by atoms with E-state index in [0.717, 1.165) is 17.0 Å². The van der Waals surface area contributed by atoms with Gasteiger partial charge in [-0.15, -0.1) is 0 Å². The number of nitrogen functional groups attached to an aromatic ring is 1. The standard InChI is InChI=1S/C27H22F3N5O7/c1-26(21(36)23(37)32-14-6-8-16-19(12-14)42-34-22(16)31)25(40)35(9-10-41-26)20-4-2-3-18(33-20)15-7-5-13(27(28,29)30)11-17(15)24(38)39/h2-8,11-12,21,36H,9-10H2,1H3,(H2,31,34)(H,32,37)(H,38,39)/t21-,26?/m0/s1. The maximum absolute atomic E-state index is 13.6. The van der Waals surface area contributed by atoms with Crippen molar-refractivity contribution >= 4 is 46.1 Å². The zero-order valence-corrected chi connectivity index (χ0v) is 21.7. The van der Waals surface area contributed by atoms with Crippen molar-refractivity contribution in [1.82, 2.24) is 10.1 Å². The molecule has 2 aromatic heterocycles. The third-order valence-electron chi connectivity index (χ3n) is 6.79. The number of nitrogens with zero attached hydrogens (tertiary/aromatic N) is 3. The van der Waals surface area contributed by atoms with E-state index in [4.69, 9.17) is 15.0 Å². The normalized spacial score (nSPS) is 18.2. The van der Waals surface area contributed by atoms with Gasteiger partial charge in [-0.25, -0.2) is 9.78 Å². The Morgan fingerprint density at radius 2 is 1.93 bits per heavy atom. The summed E-state index contributed by atoms with van der Waals surface area (Å²) in [6, 6.07) is 11.0. The number of pyridine rings is 1. The number of halogens is 3. The fourth-order valence-corrected chi connectivity index (χ4v) is 4.53. The summed E-state index contributed by atoms with van der Waals surface area (Å²) in [4.78, 5) is 43.7. The van der Waals surface area contributed by atoms with Gasteiger partial charge >= 0.3 is 12.1 Å². The van der Waals surface area contributed by atoms with Crippen LogP contribution in [0.1, 0.15) is 22.8 Å². The number of nitrogens with two attached hydrogens (primary N) is 1. The van der Waals surface area contributed by atoms with E-state index in [1.807, 2.05) is 0 Å². The van der Waals surface area contributed by atoms with Gasteiger partial charge in [-0.05, 0) is 43.3 Å². The highest BCUT2D eigenvalue weighted by atomic mass is 19.4. The van der Waals surface area contributed by atoms with Crippen LogP contribution in [-0.2, 0) is 20.5 Å². The maximum atomic E-state index is 13.6. The van der Waals surface area contributed by atoms with Gasteiger partial charge in [-0.2, -0.15) is 13.2 Å². The van der Waals surface area contributed by atoms with Crippen LogP contribution in [0.15, 0.2) is 59.1 Å². The molecule has 2 aromatic carbocycles. The number of carbonyl (C=O) groups is 3. The molecule has 5 rings (SSSR count). The molecule has 42 heavy (non-hydrogen) atoms. The third-order valence-corrected chi connectivity index (χ3v) is 6.79. The lowest BCUT2D eigenvalue weighted by atomic mass is 9.94. The van der Waals surface area contributed by atoms with Crippen LogP contribution in [0, 0.1) is 0 Å². The Balaban J connectivity index is 1.40. The number of aromatic carboxylic acids is 1. The summed E-state index contributed by atoms with van der Waals surface area (Å²) < 4.78 is 50.2. The topological polar surface area (TPSA) is 181 Å². The van der Waals surface area contributed by atoms with Crippen molar-refractivity contribution in [2.75, 3.05) is 29.1 Å². The van der Waals surface area contributed by atoms with Crippen LogP contribution in [0.25, 0.3) is 22.2 Å². The first-order valence-corrected chi connectivity index (χ1v) is 12.3. The van der Waals surface area contributed by atoms with Gasteiger partial charge in [0.1, 0.15) is 5.82 Å². The van der Waals surface area contributed by atoms with E-state index in [1.165, 1.54) is 37.3 Å². The molecule has 1 unspecified atom stereocenters. The SMILES string of the molecule is CC1([C@@H](O)C(=O)Nc2ccc3c(N)noc3c2)OCCN(c2cccc(-c3ccc(C(F)(F)F)cc3C(=O)O)n2)C1=O. The molecule has 12 nitrogen and oxygen atoms in total. The van der Waals surface area contributed by atoms with E-state index in [1.54, 1.807) is 6.07 Å². The summed E-state index contributed by atoms with van der Waals surface area (Å²) in [6.07, 6.45) is -6.74. The molecule has 3 heterocycles. The third kappa shape index (κ3) is 5.10. The van der Waals surface area contributed by atoms with Crippen molar-refractivity contribution in [2.45, 2.75) is 24.8 Å². The second kappa shape index (κ2) is 10.4. The van der Waals surface area contributed by atoms with Crippen molar-refractivity contribution in [1.29, 1.82) is 0 Å². The van der Waals surface area contributed by atoms with E-state index in [9.17, 15) is 37.8 Å². The lowest BCUT2D eigenvalue weighted by Crippen LogP contribution is -2.63. The number of amides is 2. The number of aromatic nitrogens is 2. The lowest BCUT2D eigenvalue weighted by Gasteiger charge is -2.40. The lowest BCUT2D eigenvalue weighted by molar-refractivity contribution is -0.170. The first-order valence-electron chi connectivity index (χ1n) is 12.3. The van der Waals surface area contributed by atoms with Crippen molar-refractivity contribution in [3.05, 3.63) is 65.7 Å². The number of ether oxygens (including phenoxy) is 1. The summed E-state index contributed by atoms with van der Waals surface area (Å²) in [5, 5.41) is 27.1. The Bertz CT molecular complexity index is 1720. The number of carboxylic acid groups (broad SMARTS) is 1. The Morgan fingerprint density at radius 1 is 1.17 bits per heavy atom. The predicted octanol–water partition coefficient (Wildman–Crippen LogP) is 3.31. The molecule has 1 saturated heterocycles. The van der Waals surface area contributed by atoms with Crippen molar-refractivity contribution in [3.8, 4) is 11.3 Å². The monoisotopic (exact) mass is 585 g/mol. The Labute approximate surface area is 234 Å². The van der Waals surface area contributed by atoms with Gasteiger partial charge in [0.25, 0.3) is 11.8 Å². The Hall–Kier alpha value is -5.02. The zero-order chi connectivity index (χ0) is 30.4. The minimum absolute atomic E-state index is 0.00392. The number of carboxylic acids is 1. The number of carbonyl (C=O) groups excluding carboxylic acids is 2. The van der Waals surface area contributed by atoms with Crippen LogP contribution in [0.4, 0.5) is 30.5 Å². The molecule has 5 N–H and O–H groups in total. The number of fused-ring (bicyclic) bond motifs is 1. The number of aliphatic hydroxyl groups excluding tert-OH is 1. The molecule has 0 saturated carbocycles. The number of aliphatic hydroxyl groups is 1. The molecule has 0 aliphatic carbocycles. The highest BCUT2D eigenvalue weighted by Gasteiger charge is 2.51. The van der Waals surface area contributed by atoms with Gasteiger partial charge < -0.3 is 30.5 Å². The summed E-state index contributed by atoms with van der Waals surface area (Å²) in [5.41, 5.74) is 2.25. The quantitative estimate of drug-likeness (QED) is 0.262. The van der Waals surface area contributed by atoms with Crippen LogP contribution >= 0.6 is 0 Å². The molecule has 0 spiro atoms. The molecular weight excluding hydrogens is 563 g/mol. The van der Waals surface area contributed by atoms with Gasteiger partial charge in [0, 0.05) is 17.3 Å². The molecule has 2 atom stereocenters. The van der Waals surface area contributed by atoms with E-state index >= 15 is 0 Å². The highest BCUT2D eigenvalue weighted by Crippen LogP contribution is 2.34. The smallest absolute Gasteiger partial charge is 0.416 e. The highest BCUT2D eigenvalue weighted by molar-refractivity contribution is 6.06. The number of rotatable bonds is 6. The van der Waals surface area contributed by atoms with Crippen molar-refractivity contribution in [2.24, 2.45) is 0 Å². The average molecular weight is 585 g/mol. The van der Waals surface area contributed by atoms with Crippen LogP contribution < -0.4 is 16.0 Å². The molecule has 218 valence electrons. The van der Waals surface area contributed by atoms with Crippen LogP contribution in [0.3, 0.4) is 0 Å². The maximum Gasteiger partial charge on any atom is 0.416 e. The predicted molar refractivity (Wildman–Crippen MR) is 141 cm³/mol. The number of hydrogen-bond donors (Lipinski definition) is 4. The summed E-state index contributed by atoms with van der Waals surface area (Å²) in [6.45, 7) is 1.08. The molecule has 15 heteroatoms. The molecule has 1 fully saturated rings. The second-order valence-electron chi connectivity index (χ2n) is 9.53. The number of alkyl halides is 3. The van der Waals surface area contributed by atoms with Gasteiger partial charge in [0.2, 0.25) is 0 Å². The molecule has 1 aliphatic heterocycles. The molecule has 0 bridgehead atoms. The fourth-order valence-electron chi connectivity index (χ4n) is 4.53. The summed E-state index contributed by atoms with van der Waals surface area (Å²) in [7, 11) is 0. The minimum Gasteiger partial charge on any atom is -0.478 e.